The normalized spacial score (nSPS) is 15.1. The highest BCUT2D eigenvalue weighted by Gasteiger charge is 2.36. The van der Waals surface area contributed by atoms with Crippen LogP contribution in [0.25, 0.3) is 0 Å². The van der Waals surface area contributed by atoms with E-state index in [1.807, 2.05) is 0 Å². The van der Waals surface area contributed by atoms with E-state index in [2.05, 4.69) is 4.74 Å². The van der Waals surface area contributed by atoms with Crippen molar-refractivity contribution in [2.45, 2.75) is 32.0 Å². The first kappa shape index (κ1) is 14.6. The first-order chi connectivity index (χ1) is 8.33. The van der Waals surface area contributed by atoms with Gasteiger partial charge in [0.05, 0.1) is 6.61 Å². The molecular weight excluding hydrogens is 253 g/mol. The summed E-state index contributed by atoms with van der Waals surface area (Å²) >= 11 is 0. The predicted molar refractivity (Wildman–Crippen MR) is 55.8 cm³/mol. The molecule has 1 rings (SSSR count). The van der Waals surface area contributed by atoms with Crippen LogP contribution in [0.5, 0.6) is 0 Å². The van der Waals surface area contributed by atoms with E-state index in [1.165, 1.54) is 0 Å². The largest absolute Gasteiger partial charge is 0.465 e. The Hall–Kier alpha value is -1.47. The van der Waals surface area contributed by atoms with Gasteiger partial charge in [0.2, 0.25) is 0 Å². The zero-order valence-electron chi connectivity index (χ0n) is 9.92. The van der Waals surface area contributed by atoms with Crippen molar-refractivity contribution >= 4 is 12.0 Å². The average molecular weight is 268 g/mol. The third kappa shape index (κ3) is 5.24. The van der Waals surface area contributed by atoms with Crippen LogP contribution in [-0.2, 0) is 9.53 Å². The van der Waals surface area contributed by atoms with Gasteiger partial charge in [-0.1, -0.05) is 0 Å². The van der Waals surface area contributed by atoms with Crippen molar-refractivity contribution in [1.82, 2.24) is 10.2 Å². The lowest BCUT2D eigenvalue weighted by Crippen LogP contribution is -2.47. The number of rotatable bonds is 5. The molecule has 18 heavy (non-hydrogen) atoms. The molecule has 1 N–H and O–H groups in total. The molecule has 0 radical (unpaired) electrons. The van der Waals surface area contributed by atoms with Crippen molar-refractivity contribution < 1.29 is 27.5 Å². The van der Waals surface area contributed by atoms with Gasteiger partial charge in [-0.3, -0.25) is 4.79 Å². The number of amides is 2. The number of ether oxygens (including phenoxy) is 1. The third-order valence-corrected chi connectivity index (χ3v) is 2.29. The molecule has 0 atom stereocenters. The topological polar surface area (TPSA) is 58.6 Å². The van der Waals surface area contributed by atoms with Gasteiger partial charge >= 0.3 is 18.2 Å². The third-order valence-electron chi connectivity index (χ3n) is 2.29. The lowest BCUT2D eigenvalue weighted by atomic mass is 10.4. The van der Waals surface area contributed by atoms with Crippen LogP contribution in [0.4, 0.5) is 18.0 Å². The van der Waals surface area contributed by atoms with Crippen LogP contribution >= 0.6 is 0 Å². The number of hydrogen-bond donors (Lipinski definition) is 1. The Balaban J connectivity index is 2.46. The maximum Gasteiger partial charge on any atom is 0.405 e. The van der Waals surface area contributed by atoms with Gasteiger partial charge in [0.15, 0.2) is 0 Å². The van der Waals surface area contributed by atoms with E-state index in [0.717, 1.165) is 4.90 Å². The van der Waals surface area contributed by atoms with Gasteiger partial charge in [-0.15, -0.1) is 0 Å². The Labute approximate surface area is 102 Å². The maximum atomic E-state index is 12.0. The van der Waals surface area contributed by atoms with Crippen molar-refractivity contribution in [2.75, 3.05) is 19.7 Å². The molecular formula is C10H15F3N2O3. The first-order valence-corrected chi connectivity index (χ1v) is 5.60. The van der Waals surface area contributed by atoms with Crippen LogP contribution < -0.4 is 5.32 Å². The van der Waals surface area contributed by atoms with Gasteiger partial charge in [0.1, 0.15) is 13.1 Å². The molecule has 1 aliphatic rings. The summed E-state index contributed by atoms with van der Waals surface area (Å²) in [5.74, 6) is -0.619. The van der Waals surface area contributed by atoms with E-state index in [0.29, 0.717) is 12.8 Å². The Morgan fingerprint density at radius 1 is 1.39 bits per heavy atom. The van der Waals surface area contributed by atoms with E-state index in [-0.39, 0.29) is 19.2 Å². The van der Waals surface area contributed by atoms with Gasteiger partial charge in [-0.2, -0.15) is 13.2 Å². The lowest BCUT2D eigenvalue weighted by molar-refractivity contribution is -0.143. The molecule has 0 saturated heterocycles. The van der Waals surface area contributed by atoms with Crippen LogP contribution in [0.15, 0.2) is 0 Å². The maximum absolute atomic E-state index is 12.0. The second-order valence-electron chi connectivity index (χ2n) is 3.94. The first-order valence-electron chi connectivity index (χ1n) is 5.60. The molecule has 0 heterocycles. The predicted octanol–water partition coefficient (Wildman–Crippen LogP) is 1.29. The molecule has 0 spiro atoms. The monoisotopic (exact) mass is 268 g/mol. The molecule has 0 aromatic rings. The highest BCUT2D eigenvalue weighted by atomic mass is 19.4. The van der Waals surface area contributed by atoms with Crippen LogP contribution in [-0.4, -0.2) is 48.8 Å². The smallest absolute Gasteiger partial charge is 0.405 e. The Morgan fingerprint density at radius 3 is 2.44 bits per heavy atom. The second-order valence-corrected chi connectivity index (χ2v) is 3.94. The molecule has 8 heteroatoms. The fourth-order valence-corrected chi connectivity index (χ4v) is 1.38. The van der Waals surface area contributed by atoms with Crippen molar-refractivity contribution in [3.63, 3.8) is 0 Å². The minimum atomic E-state index is -4.46. The van der Waals surface area contributed by atoms with Crippen LogP contribution in [0.2, 0.25) is 0 Å². The molecule has 104 valence electrons. The summed E-state index contributed by atoms with van der Waals surface area (Å²) in [6.07, 6.45) is -3.08. The molecule has 1 saturated carbocycles. The number of halogens is 3. The van der Waals surface area contributed by atoms with Crippen LogP contribution in [0.3, 0.4) is 0 Å². The fraction of sp³-hybridized carbons (Fsp3) is 0.800. The minimum absolute atomic E-state index is 0.164. The average Bonchev–Trinajstić information content (AvgIpc) is 3.06. The van der Waals surface area contributed by atoms with E-state index in [9.17, 15) is 22.8 Å². The lowest BCUT2D eigenvalue weighted by Gasteiger charge is -2.22. The molecule has 2 amide bonds. The zero-order valence-corrected chi connectivity index (χ0v) is 9.92. The molecule has 1 fully saturated rings. The van der Waals surface area contributed by atoms with E-state index in [1.54, 1.807) is 12.2 Å². The number of urea groups is 1. The molecule has 5 nitrogen and oxygen atoms in total. The van der Waals surface area contributed by atoms with Crippen LogP contribution in [0.1, 0.15) is 19.8 Å². The molecule has 1 aliphatic carbocycles. The quantitative estimate of drug-likeness (QED) is 0.764. The standard InChI is InChI=1S/C10H15F3N2O3/c1-2-18-8(16)5-15(7-3-4-7)9(17)14-6-10(11,12)13/h7H,2-6H2,1H3,(H,14,17). The minimum Gasteiger partial charge on any atom is -0.465 e. The van der Waals surface area contributed by atoms with Gasteiger partial charge in [-0.25, -0.2) is 4.79 Å². The summed E-state index contributed by atoms with van der Waals surface area (Å²) in [7, 11) is 0. The molecule has 0 aromatic heterocycles. The Kier molecular flexibility index (Phi) is 4.80. The number of hydrogen-bond acceptors (Lipinski definition) is 3. The van der Waals surface area contributed by atoms with E-state index >= 15 is 0 Å². The fourth-order valence-electron chi connectivity index (χ4n) is 1.38. The molecule has 0 bridgehead atoms. The Bertz CT molecular complexity index is 316. The second kappa shape index (κ2) is 5.92. The molecule has 0 aliphatic heterocycles. The summed E-state index contributed by atoms with van der Waals surface area (Å²) in [6, 6.07) is -1.05. The number of esters is 1. The number of alkyl halides is 3. The summed E-state index contributed by atoms with van der Waals surface area (Å²) in [4.78, 5) is 23.8. The zero-order chi connectivity index (χ0) is 13.8. The Morgan fingerprint density at radius 2 is 2.00 bits per heavy atom. The number of nitrogens with one attached hydrogen (secondary N) is 1. The highest BCUT2D eigenvalue weighted by Crippen LogP contribution is 2.26. The number of carbonyl (C=O) groups is 2. The van der Waals surface area contributed by atoms with Crippen molar-refractivity contribution in [3.8, 4) is 0 Å². The highest BCUT2D eigenvalue weighted by molar-refractivity contribution is 5.81. The SMILES string of the molecule is CCOC(=O)CN(C(=O)NCC(F)(F)F)C1CC1. The van der Waals surface area contributed by atoms with Crippen molar-refractivity contribution in [1.29, 1.82) is 0 Å². The van der Waals surface area contributed by atoms with E-state index in [4.69, 9.17) is 0 Å². The van der Waals surface area contributed by atoms with Gasteiger partial charge in [-0.05, 0) is 19.8 Å². The van der Waals surface area contributed by atoms with Crippen molar-refractivity contribution in [3.05, 3.63) is 0 Å². The van der Waals surface area contributed by atoms with Gasteiger partial charge < -0.3 is 15.0 Å². The van der Waals surface area contributed by atoms with Gasteiger partial charge in [0, 0.05) is 6.04 Å². The van der Waals surface area contributed by atoms with Crippen molar-refractivity contribution in [2.24, 2.45) is 0 Å². The van der Waals surface area contributed by atoms with Gasteiger partial charge in [0.25, 0.3) is 0 Å². The van der Waals surface area contributed by atoms with E-state index < -0.39 is 24.7 Å². The molecule has 0 aromatic carbocycles. The summed E-state index contributed by atoms with van der Waals surface area (Å²) in [5.41, 5.74) is 0. The molecule has 0 unspecified atom stereocenters. The summed E-state index contributed by atoms with van der Waals surface area (Å²) in [5, 5.41) is 1.75. The van der Waals surface area contributed by atoms with Crippen LogP contribution in [0, 0.1) is 0 Å². The number of carbonyl (C=O) groups excluding carboxylic acids is 2. The number of nitrogens with zero attached hydrogens (tertiary/aromatic N) is 1. The summed E-state index contributed by atoms with van der Waals surface area (Å²) < 4.78 is 40.5. The summed E-state index contributed by atoms with van der Waals surface area (Å²) in [6.45, 7) is 0.0602.